The van der Waals surface area contributed by atoms with Gasteiger partial charge in [0.1, 0.15) is 5.70 Å². The van der Waals surface area contributed by atoms with Crippen LogP contribution < -0.4 is 5.32 Å². The topological polar surface area (TPSA) is 81.7 Å². The van der Waals surface area contributed by atoms with Crippen LogP contribution in [0.3, 0.4) is 0 Å². The predicted octanol–water partition coefficient (Wildman–Crippen LogP) is 2.62. The molecule has 2 aromatic rings. The van der Waals surface area contributed by atoms with Crippen LogP contribution in [0.1, 0.15) is 15.2 Å². The monoisotopic (exact) mass is 345 g/mol. The molecule has 0 amide bonds. The van der Waals surface area contributed by atoms with Crippen molar-refractivity contribution in [3.63, 3.8) is 0 Å². The van der Waals surface area contributed by atoms with Gasteiger partial charge in [-0.1, -0.05) is 6.07 Å². The van der Waals surface area contributed by atoms with Crippen molar-refractivity contribution in [3.05, 3.63) is 64.0 Å². The molecule has 0 aliphatic carbocycles. The minimum absolute atomic E-state index is 0.0679. The van der Waals surface area contributed by atoms with Gasteiger partial charge in [0.25, 0.3) is 0 Å². The highest BCUT2D eigenvalue weighted by molar-refractivity contribution is 7.12. The Bertz CT molecular complexity index is 763. The Balaban J connectivity index is 2.17. The van der Waals surface area contributed by atoms with Crippen LogP contribution in [-0.2, 0) is 19.1 Å². The van der Waals surface area contributed by atoms with Crippen molar-refractivity contribution in [1.82, 2.24) is 0 Å². The Kier molecular flexibility index (Phi) is 5.86. The van der Waals surface area contributed by atoms with Gasteiger partial charge in [-0.15, -0.1) is 11.3 Å². The number of esters is 2. The zero-order valence-electron chi connectivity index (χ0n) is 13.1. The number of methoxy groups -OCH3 is 2. The zero-order chi connectivity index (χ0) is 17.5. The average Bonchev–Trinajstić information content (AvgIpc) is 3.15. The van der Waals surface area contributed by atoms with Gasteiger partial charge < -0.3 is 14.8 Å². The molecule has 1 N–H and O–H groups in total. The summed E-state index contributed by atoms with van der Waals surface area (Å²) in [5.41, 5.74) is 0.986. The van der Waals surface area contributed by atoms with Gasteiger partial charge in [-0.25, -0.2) is 9.59 Å². The molecule has 7 heteroatoms. The highest BCUT2D eigenvalue weighted by Crippen LogP contribution is 2.18. The smallest absolute Gasteiger partial charge is 0.354 e. The number of ether oxygens (including phenoxy) is 2. The van der Waals surface area contributed by atoms with Crippen LogP contribution in [0.5, 0.6) is 0 Å². The maximum Gasteiger partial charge on any atom is 0.354 e. The molecule has 6 nitrogen and oxygen atoms in total. The molecule has 0 saturated carbocycles. The lowest BCUT2D eigenvalue weighted by molar-refractivity contribution is -0.138. The van der Waals surface area contributed by atoms with E-state index in [0.717, 1.165) is 6.08 Å². The molecule has 0 spiro atoms. The van der Waals surface area contributed by atoms with Crippen molar-refractivity contribution >= 4 is 34.7 Å². The average molecular weight is 345 g/mol. The molecular weight excluding hydrogens is 330 g/mol. The number of anilines is 1. The van der Waals surface area contributed by atoms with E-state index in [2.05, 4.69) is 14.8 Å². The molecule has 24 heavy (non-hydrogen) atoms. The lowest BCUT2D eigenvalue weighted by atomic mass is 10.1. The first-order valence-electron chi connectivity index (χ1n) is 6.88. The number of nitrogens with one attached hydrogen (secondary N) is 1. The number of carbonyl (C=O) groups excluding carboxylic acids is 3. The second-order valence-corrected chi connectivity index (χ2v) is 5.53. The van der Waals surface area contributed by atoms with Gasteiger partial charge in [-0.05, 0) is 35.7 Å². The first-order chi connectivity index (χ1) is 11.5. The standard InChI is InChI=1S/C17H15NO5S/c1-22-15(19)10-13(17(21)23-2)18-12-7-5-11(6-8-12)16(20)14-4-3-9-24-14/h3-10,18H,1-2H3/b13-10+. The van der Waals surface area contributed by atoms with Crippen molar-refractivity contribution in [2.24, 2.45) is 0 Å². The first kappa shape index (κ1) is 17.4. The van der Waals surface area contributed by atoms with E-state index >= 15 is 0 Å². The summed E-state index contributed by atoms with van der Waals surface area (Å²) in [6, 6.07) is 10.1. The third-order valence-electron chi connectivity index (χ3n) is 3.04. The van der Waals surface area contributed by atoms with E-state index in [1.807, 2.05) is 11.4 Å². The summed E-state index contributed by atoms with van der Waals surface area (Å²) < 4.78 is 9.11. The number of benzene rings is 1. The van der Waals surface area contributed by atoms with E-state index < -0.39 is 11.9 Å². The summed E-state index contributed by atoms with van der Waals surface area (Å²) in [7, 11) is 2.41. The SMILES string of the molecule is COC(=O)/C=C(/Nc1ccc(C(=O)c2cccs2)cc1)C(=O)OC. The summed E-state index contributed by atoms with van der Waals surface area (Å²) in [6.45, 7) is 0. The maximum absolute atomic E-state index is 12.2. The number of ketones is 1. The maximum atomic E-state index is 12.2. The van der Waals surface area contributed by atoms with Gasteiger partial charge in [0, 0.05) is 11.3 Å². The van der Waals surface area contributed by atoms with E-state index in [9.17, 15) is 14.4 Å². The quantitative estimate of drug-likeness (QED) is 0.492. The van der Waals surface area contributed by atoms with Crippen LogP contribution in [0.2, 0.25) is 0 Å². The minimum Gasteiger partial charge on any atom is -0.466 e. The fraction of sp³-hybridized carbons (Fsp3) is 0.118. The van der Waals surface area contributed by atoms with E-state index in [1.165, 1.54) is 25.6 Å². The van der Waals surface area contributed by atoms with Crippen LogP contribution in [-0.4, -0.2) is 31.9 Å². The first-order valence-corrected chi connectivity index (χ1v) is 7.76. The van der Waals surface area contributed by atoms with Gasteiger partial charge >= 0.3 is 11.9 Å². The molecule has 1 aromatic carbocycles. The van der Waals surface area contributed by atoms with E-state index in [1.54, 1.807) is 30.3 Å². The molecule has 124 valence electrons. The summed E-state index contributed by atoms with van der Waals surface area (Å²) in [6.07, 6.45) is 0.997. The van der Waals surface area contributed by atoms with Gasteiger partial charge in [-0.2, -0.15) is 0 Å². The van der Waals surface area contributed by atoms with Crippen LogP contribution in [0, 0.1) is 0 Å². The van der Waals surface area contributed by atoms with Gasteiger partial charge in [0.15, 0.2) is 0 Å². The highest BCUT2D eigenvalue weighted by atomic mass is 32.1. The predicted molar refractivity (Wildman–Crippen MR) is 89.9 cm³/mol. The number of rotatable bonds is 6. The summed E-state index contributed by atoms with van der Waals surface area (Å²) in [5.74, 6) is -1.47. The fourth-order valence-corrected chi connectivity index (χ4v) is 2.53. The van der Waals surface area contributed by atoms with Crippen molar-refractivity contribution in [2.75, 3.05) is 19.5 Å². The molecule has 0 aliphatic rings. The van der Waals surface area contributed by atoms with E-state index in [-0.39, 0.29) is 11.5 Å². The molecule has 2 rings (SSSR count). The fourth-order valence-electron chi connectivity index (χ4n) is 1.84. The Morgan fingerprint density at radius 2 is 1.75 bits per heavy atom. The summed E-state index contributed by atoms with van der Waals surface area (Å²) >= 11 is 1.37. The van der Waals surface area contributed by atoms with Gasteiger partial charge in [-0.3, -0.25) is 4.79 Å². The van der Waals surface area contributed by atoms with Crippen LogP contribution >= 0.6 is 11.3 Å². The number of hydrogen-bond donors (Lipinski definition) is 1. The second kappa shape index (κ2) is 8.07. The molecule has 0 saturated heterocycles. The lowest BCUT2D eigenvalue weighted by Crippen LogP contribution is -2.15. The summed E-state index contributed by atoms with van der Waals surface area (Å²) in [5, 5.41) is 4.61. The molecule has 0 unspecified atom stereocenters. The number of hydrogen-bond acceptors (Lipinski definition) is 7. The molecule has 1 heterocycles. The zero-order valence-corrected chi connectivity index (χ0v) is 13.9. The third kappa shape index (κ3) is 4.30. The molecule has 0 aliphatic heterocycles. The van der Waals surface area contributed by atoms with Crippen molar-refractivity contribution < 1.29 is 23.9 Å². The van der Waals surface area contributed by atoms with Crippen molar-refractivity contribution in [2.45, 2.75) is 0 Å². The minimum atomic E-state index is -0.709. The Hall–Kier alpha value is -2.93. The van der Waals surface area contributed by atoms with Crippen LogP contribution in [0.4, 0.5) is 5.69 Å². The Morgan fingerprint density at radius 1 is 1.04 bits per heavy atom. The van der Waals surface area contributed by atoms with Gasteiger partial charge in [0.2, 0.25) is 5.78 Å². The van der Waals surface area contributed by atoms with Crippen molar-refractivity contribution in [3.8, 4) is 0 Å². The highest BCUT2D eigenvalue weighted by Gasteiger charge is 2.14. The molecular formula is C17H15NO5S. The van der Waals surface area contributed by atoms with Crippen LogP contribution in [0.15, 0.2) is 53.6 Å². The van der Waals surface area contributed by atoms with E-state index in [4.69, 9.17) is 0 Å². The molecule has 0 bridgehead atoms. The Labute approximate surface area is 142 Å². The Morgan fingerprint density at radius 3 is 2.29 bits per heavy atom. The number of thiophene rings is 1. The molecule has 1 aromatic heterocycles. The largest absolute Gasteiger partial charge is 0.466 e. The molecule has 0 radical (unpaired) electrons. The third-order valence-corrected chi connectivity index (χ3v) is 3.91. The van der Waals surface area contributed by atoms with Crippen LogP contribution in [0.25, 0.3) is 0 Å². The lowest BCUT2D eigenvalue weighted by Gasteiger charge is -2.09. The van der Waals surface area contributed by atoms with Crippen molar-refractivity contribution in [1.29, 1.82) is 0 Å². The van der Waals surface area contributed by atoms with Gasteiger partial charge in [0.05, 0.1) is 25.2 Å². The molecule has 0 fully saturated rings. The molecule has 0 atom stereocenters. The second-order valence-electron chi connectivity index (χ2n) is 4.58. The number of carbonyl (C=O) groups is 3. The van der Waals surface area contributed by atoms with E-state index in [0.29, 0.717) is 16.1 Å². The summed E-state index contributed by atoms with van der Waals surface area (Å²) in [4.78, 5) is 35.9. The normalized spacial score (nSPS) is 10.8.